The van der Waals surface area contributed by atoms with Crippen LogP contribution in [0.1, 0.15) is 99.6 Å². The Hall–Kier alpha value is -6.41. The molecule has 11 rings (SSSR count). The number of ketones is 4. The molecule has 0 spiro atoms. The fourth-order valence-electron chi connectivity index (χ4n) is 8.97. The van der Waals surface area contributed by atoms with Crippen LogP contribution in [0, 0.1) is 27.7 Å². The number of aliphatic carboxylic acids is 1. The molecule has 6 aromatic carbocycles. The van der Waals surface area contributed by atoms with Crippen LogP contribution in [-0.2, 0) is 33.6 Å². The van der Waals surface area contributed by atoms with E-state index in [9.17, 15) is 47.9 Å². The molecule has 0 atom stereocenters. The van der Waals surface area contributed by atoms with E-state index in [4.69, 9.17) is 30.1 Å². The Morgan fingerprint density at radius 2 is 1.01 bits per heavy atom. The molecule has 396 valence electrons. The quantitative estimate of drug-likeness (QED) is 0.0322. The molecule has 8 aromatic rings. The van der Waals surface area contributed by atoms with Crippen LogP contribution < -0.4 is 113 Å². The van der Waals surface area contributed by atoms with Crippen molar-refractivity contribution in [3.05, 3.63) is 154 Å². The Morgan fingerprint density at radius 3 is 1.38 bits per heavy atom. The number of halogens is 1. The number of ether oxygens (including phenoxy) is 2. The number of phenols is 1. The minimum atomic E-state index is -1.08. The number of cyclic esters (lactones) is 2. The molecule has 0 amide bonds. The van der Waals surface area contributed by atoms with Crippen LogP contribution >= 0.6 is 0 Å². The van der Waals surface area contributed by atoms with Gasteiger partial charge in [-0.25, -0.2) is 0 Å². The molecule has 1 fully saturated rings. The van der Waals surface area contributed by atoms with E-state index in [1.807, 2.05) is 74.5 Å². The first-order chi connectivity index (χ1) is 36.8. The zero-order valence-corrected chi connectivity index (χ0v) is 49.1. The summed E-state index contributed by atoms with van der Waals surface area (Å²) >= 11 is 0. The van der Waals surface area contributed by atoms with Crippen molar-refractivity contribution in [3.63, 3.8) is 0 Å². The van der Waals surface area contributed by atoms with Gasteiger partial charge < -0.3 is 40.1 Å². The van der Waals surface area contributed by atoms with Crippen LogP contribution in [-0.4, -0.2) is 70.8 Å². The minimum absolute atomic E-state index is 0. The van der Waals surface area contributed by atoms with Crippen LogP contribution in [0.3, 0.4) is 0 Å². The van der Waals surface area contributed by atoms with E-state index in [1.54, 1.807) is 62.4 Å². The molecule has 0 unspecified atom stereocenters. The maximum absolute atomic E-state index is 13.2. The number of esters is 3. The van der Waals surface area contributed by atoms with Crippen molar-refractivity contribution in [2.24, 2.45) is 0 Å². The van der Waals surface area contributed by atoms with Gasteiger partial charge in [0.2, 0.25) is 23.1 Å². The summed E-state index contributed by atoms with van der Waals surface area (Å²) in [6.07, 6.45) is -0.0142. The summed E-state index contributed by atoms with van der Waals surface area (Å²) in [4.78, 5) is 106. The maximum Gasteiger partial charge on any atom is 1.00 e. The standard InChI is InChI=1S/C28H20O7.C24H16O4.C4H4O3.CH3F.CH2O3.CH4.2K.H/c1-14-4-3-5-19-18(14)10-11-20-24(19)26(33)25(32)23-15(2)27(35-28(20)23)16-6-8-17(9-7-16)34-22(31)13-12-21(29)30;1-12-4-3-5-17-16(12)10-11-18-20(17)22(27)21(26)19-13(2)23(28-24(18)19)14-6-8-15(25)9-7-14;5-3-1-2-4(6)7-3;1-2;2-1-4-3;;;;/h3-11H,12-13H2,1-2H3,(H,29,30);3-11,25H,1-2H3;1-2H2;1H3;1,3H;1H4;;;/q;;;;;;2*+1;-1/p-1/i;;;1D;;;;;. The topological polar surface area (TPSA) is 271 Å². The van der Waals surface area contributed by atoms with Gasteiger partial charge in [-0.15, -0.1) is 0 Å². The number of carbonyl (C=O) groups excluding carboxylic acids is 8. The van der Waals surface area contributed by atoms with Crippen LogP contribution in [0.4, 0.5) is 4.39 Å². The van der Waals surface area contributed by atoms with Gasteiger partial charge in [0.1, 0.15) is 34.5 Å². The van der Waals surface area contributed by atoms with Gasteiger partial charge in [0.05, 0.1) is 45.3 Å². The second-order valence-corrected chi connectivity index (χ2v) is 17.1. The first kappa shape index (κ1) is 63.4. The van der Waals surface area contributed by atoms with Crippen LogP contribution in [0.5, 0.6) is 11.5 Å². The molecule has 0 bridgehead atoms. The summed E-state index contributed by atoms with van der Waals surface area (Å²) in [7, 11) is -1.00. The number of carbonyl (C=O) groups is 9. The van der Waals surface area contributed by atoms with E-state index < -0.39 is 54.2 Å². The molecular formula is C59H49FK2O17. The van der Waals surface area contributed by atoms with E-state index in [0.29, 0.717) is 67.5 Å². The minimum Gasteiger partial charge on any atom is -1.00 e. The molecule has 0 saturated carbocycles. The molecular weight excluding hydrogens is 1080 g/mol. The number of carboxylic acid groups (broad SMARTS) is 1. The Labute approximate surface area is 539 Å². The van der Waals surface area contributed by atoms with Gasteiger partial charge in [0.15, 0.2) is 0 Å². The van der Waals surface area contributed by atoms with Crippen molar-refractivity contribution in [1.82, 2.24) is 0 Å². The monoisotopic (exact) mass is 1130 g/mol. The van der Waals surface area contributed by atoms with Crippen molar-refractivity contribution < 1.29 is 192 Å². The summed E-state index contributed by atoms with van der Waals surface area (Å²) in [5, 5.41) is 30.0. The third-order valence-electron chi connectivity index (χ3n) is 12.5. The Balaban J connectivity index is 0.000000334. The molecule has 3 aliphatic rings. The summed E-state index contributed by atoms with van der Waals surface area (Å²) in [5.74, 6) is -2.53. The Bertz CT molecular complexity index is 3700. The molecule has 20 heteroatoms. The van der Waals surface area contributed by atoms with Gasteiger partial charge in [-0.05, 0) is 121 Å². The molecule has 1 saturated heterocycles. The van der Waals surface area contributed by atoms with Crippen molar-refractivity contribution >= 4 is 75.0 Å². The van der Waals surface area contributed by atoms with E-state index in [1.165, 1.54) is 0 Å². The molecule has 2 aromatic heterocycles. The Morgan fingerprint density at radius 1 is 0.620 bits per heavy atom. The van der Waals surface area contributed by atoms with E-state index in [2.05, 4.69) is 9.62 Å². The molecule has 0 radical (unpaired) electrons. The second kappa shape index (κ2) is 28.6. The van der Waals surface area contributed by atoms with Crippen LogP contribution in [0.2, 0.25) is 0 Å². The molecule has 79 heavy (non-hydrogen) atoms. The fraction of sp³-hybridized carbons (Fsp3) is 0.169. The van der Waals surface area contributed by atoms with E-state index in [0.717, 1.165) is 38.2 Å². The predicted octanol–water partition coefficient (Wildman–Crippen LogP) is 4.63. The molecule has 3 heterocycles. The number of aromatic hydroxyl groups is 1. The van der Waals surface area contributed by atoms with Crippen molar-refractivity contribution in [1.29, 1.82) is 0 Å². The number of Topliss-reactive ketones (excluding diaryl/α,β-unsaturated/α-hetero) is 4. The normalized spacial score (nSPS) is 12.4. The third kappa shape index (κ3) is 13.8. The molecule has 2 N–H and O–H groups in total. The number of benzene rings is 6. The van der Waals surface area contributed by atoms with Crippen LogP contribution in [0.15, 0.2) is 118 Å². The second-order valence-electron chi connectivity index (χ2n) is 17.1. The number of carboxylic acids is 1. The zero-order chi connectivity index (χ0) is 55.8. The first-order valence-corrected chi connectivity index (χ1v) is 23.0. The van der Waals surface area contributed by atoms with Gasteiger partial charge >= 0.3 is 127 Å². The fourth-order valence-corrected chi connectivity index (χ4v) is 8.97. The average molecular weight is 1130 g/mol. The average Bonchev–Trinajstić information content (AvgIpc) is 4.27. The number of rotatable bonds is 7. The number of fused-ring (bicyclic) bond motifs is 10. The van der Waals surface area contributed by atoms with Crippen LogP contribution in [0.25, 0.3) is 66.8 Å². The van der Waals surface area contributed by atoms with Gasteiger partial charge in [0, 0.05) is 44.5 Å². The first-order valence-electron chi connectivity index (χ1n) is 23.7. The largest absolute Gasteiger partial charge is 1.00 e. The SMILES string of the molecule is C.Cc1c(-c2ccc(O)cc2)oc2c1C(=O)C(=O)c1c-2ccc2c(C)cccc12.Cc1c(-c2ccc(OC(=O)CCC(=O)O)cc2)oc2c1C(=O)C(=O)c1c-2ccc2c(C)cccc12.O=C1CCC(=O)O1.O=CO[O-].[2H]CF.[H-].[K+].[K+]. The maximum atomic E-state index is 13.2. The Kier molecular flexibility index (Phi) is 23.0. The van der Waals surface area contributed by atoms with Crippen molar-refractivity contribution in [2.75, 3.05) is 7.15 Å². The smallest absolute Gasteiger partial charge is 1.00 e. The number of alkyl halides is 1. The van der Waals surface area contributed by atoms with Gasteiger partial charge in [-0.3, -0.25) is 47.5 Å². The van der Waals surface area contributed by atoms with E-state index >= 15 is 0 Å². The third-order valence-corrected chi connectivity index (χ3v) is 12.5. The van der Waals surface area contributed by atoms with Gasteiger partial charge in [-0.2, -0.15) is 0 Å². The summed E-state index contributed by atoms with van der Waals surface area (Å²) in [6, 6.07) is 32.0. The number of phenolic OH excluding ortho intramolecular Hbond substituents is 1. The zero-order valence-electron chi connectivity index (χ0n) is 44.9. The number of hydrogen-bond donors (Lipinski definition) is 2. The molecule has 17 nitrogen and oxygen atoms in total. The summed E-state index contributed by atoms with van der Waals surface area (Å²) < 4.78 is 37.1. The summed E-state index contributed by atoms with van der Waals surface area (Å²) in [6.45, 7) is 7.28. The van der Waals surface area contributed by atoms with Crippen molar-refractivity contribution in [2.45, 2.75) is 60.8 Å². The number of furan rings is 2. The number of aryl methyl sites for hydroxylation is 2. The van der Waals surface area contributed by atoms with E-state index in [-0.39, 0.29) is 161 Å². The van der Waals surface area contributed by atoms with Crippen molar-refractivity contribution in [3.8, 4) is 56.8 Å². The molecule has 1 aliphatic heterocycles. The predicted molar refractivity (Wildman–Crippen MR) is 277 cm³/mol. The van der Waals surface area contributed by atoms with Gasteiger partial charge in [-0.1, -0.05) is 56.0 Å². The number of hydrogen-bond acceptors (Lipinski definition) is 16. The summed E-state index contributed by atoms with van der Waals surface area (Å²) in [5.41, 5.74) is 7.20. The molecule has 2 aliphatic carbocycles. The van der Waals surface area contributed by atoms with Gasteiger partial charge in [0.25, 0.3) is 6.47 Å².